The monoisotopic (exact) mass is 277 g/mol. The standard InChI is InChI=1S/C14H19N3O3/c1-20-10-4-5-11(17-14(19)9-2-3-9)12(8-10)16-13(18)6-7-15/h4-5,8-9H,2-3,6-7,15H2,1H3,(H,16,18)(H,17,19). The molecule has 1 aromatic rings. The second-order valence-corrected chi connectivity index (χ2v) is 4.76. The summed E-state index contributed by atoms with van der Waals surface area (Å²) < 4.78 is 5.13. The van der Waals surface area contributed by atoms with Crippen LogP contribution in [0.25, 0.3) is 0 Å². The third kappa shape index (κ3) is 3.71. The Labute approximate surface area is 117 Å². The zero-order valence-corrected chi connectivity index (χ0v) is 11.4. The highest BCUT2D eigenvalue weighted by Gasteiger charge is 2.30. The highest BCUT2D eigenvalue weighted by Crippen LogP contribution is 2.33. The molecule has 1 aromatic carbocycles. The van der Waals surface area contributed by atoms with Crippen molar-refractivity contribution in [1.29, 1.82) is 0 Å². The Balaban J connectivity index is 2.15. The van der Waals surface area contributed by atoms with E-state index in [9.17, 15) is 9.59 Å². The smallest absolute Gasteiger partial charge is 0.227 e. The molecule has 0 heterocycles. The Morgan fingerprint density at radius 1 is 1.30 bits per heavy atom. The number of carbonyl (C=O) groups excluding carboxylic acids is 2. The van der Waals surface area contributed by atoms with E-state index in [0.29, 0.717) is 17.1 Å². The fraction of sp³-hybridized carbons (Fsp3) is 0.429. The van der Waals surface area contributed by atoms with Crippen LogP contribution in [-0.2, 0) is 9.59 Å². The lowest BCUT2D eigenvalue weighted by molar-refractivity contribution is -0.117. The van der Waals surface area contributed by atoms with Crippen LogP contribution >= 0.6 is 0 Å². The van der Waals surface area contributed by atoms with E-state index in [1.54, 1.807) is 25.3 Å². The maximum atomic E-state index is 11.8. The molecule has 0 spiro atoms. The molecule has 0 atom stereocenters. The number of nitrogens with one attached hydrogen (secondary N) is 2. The van der Waals surface area contributed by atoms with Crippen LogP contribution in [0.3, 0.4) is 0 Å². The van der Waals surface area contributed by atoms with Gasteiger partial charge in [-0.2, -0.15) is 0 Å². The molecule has 1 aliphatic carbocycles. The molecule has 6 heteroatoms. The van der Waals surface area contributed by atoms with Gasteiger partial charge in [-0.25, -0.2) is 0 Å². The van der Waals surface area contributed by atoms with Crippen molar-refractivity contribution in [3.05, 3.63) is 18.2 Å². The predicted octanol–water partition coefficient (Wildman–Crippen LogP) is 1.33. The average molecular weight is 277 g/mol. The molecule has 1 saturated carbocycles. The Morgan fingerprint density at radius 2 is 2.05 bits per heavy atom. The molecule has 0 saturated heterocycles. The summed E-state index contributed by atoms with van der Waals surface area (Å²) in [7, 11) is 1.54. The SMILES string of the molecule is COc1ccc(NC(=O)C2CC2)c(NC(=O)CCN)c1. The molecular formula is C14H19N3O3. The van der Waals surface area contributed by atoms with E-state index < -0.39 is 0 Å². The molecular weight excluding hydrogens is 258 g/mol. The number of methoxy groups -OCH3 is 1. The summed E-state index contributed by atoms with van der Waals surface area (Å²) in [5, 5.41) is 5.57. The topological polar surface area (TPSA) is 93.5 Å². The van der Waals surface area contributed by atoms with Gasteiger partial charge >= 0.3 is 0 Å². The van der Waals surface area contributed by atoms with Gasteiger partial charge < -0.3 is 21.1 Å². The normalized spacial score (nSPS) is 13.7. The summed E-state index contributed by atoms with van der Waals surface area (Å²) in [5.74, 6) is 0.509. The minimum atomic E-state index is -0.192. The van der Waals surface area contributed by atoms with Gasteiger partial charge in [0, 0.05) is 24.9 Å². The summed E-state index contributed by atoms with van der Waals surface area (Å²) >= 11 is 0. The number of hydrogen-bond donors (Lipinski definition) is 3. The Hall–Kier alpha value is -2.08. The summed E-state index contributed by atoms with van der Waals surface area (Å²) in [5.41, 5.74) is 6.45. The van der Waals surface area contributed by atoms with E-state index in [2.05, 4.69) is 10.6 Å². The third-order valence-corrected chi connectivity index (χ3v) is 3.08. The molecule has 2 amide bonds. The van der Waals surface area contributed by atoms with Crippen LogP contribution in [0.4, 0.5) is 11.4 Å². The van der Waals surface area contributed by atoms with Crippen molar-refractivity contribution in [1.82, 2.24) is 0 Å². The van der Waals surface area contributed by atoms with Gasteiger partial charge in [0.1, 0.15) is 5.75 Å². The molecule has 1 aliphatic rings. The number of hydrogen-bond acceptors (Lipinski definition) is 4. The summed E-state index contributed by atoms with van der Waals surface area (Å²) in [6, 6.07) is 5.13. The molecule has 0 unspecified atom stereocenters. The van der Waals surface area contributed by atoms with Gasteiger partial charge in [0.15, 0.2) is 0 Å². The first-order valence-electron chi connectivity index (χ1n) is 6.63. The average Bonchev–Trinajstić information content (AvgIpc) is 3.25. The summed E-state index contributed by atoms with van der Waals surface area (Å²) in [6.45, 7) is 0.277. The van der Waals surface area contributed by atoms with E-state index >= 15 is 0 Å². The van der Waals surface area contributed by atoms with Crippen LogP contribution in [-0.4, -0.2) is 25.5 Å². The van der Waals surface area contributed by atoms with Crippen molar-refractivity contribution in [2.75, 3.05) is 24.3 Å². The molecule has 2 rings (SSSR count). The number of carbonyl (C=O) groups is 2. The van der Waals surface area contributed by atoms with Gasteiger partial charge in [0.25, 0.3) is 0 Å². The van der Waals surface area contributed by atoms with E-state index in [4.69, 9.17) is 10.5 Å². The molecule has 6 nitrogen and oxygen atoms in total. The predicted molar refractivity (Wildman–Crippen MR) is 76.6 cm³/mol. The largest absolute Gasteiger partial charge is 0.497 e. The van der Waals surface area contributed by atoms with Crippen molar-refractivity contribution in [3.63, 3.8) is 0 Å². The Morgan fingerprint density at radius 3 is 2.65 bits per heavy atom. The number of nitrogens with two attached hydrogens (primary N) is 1. The van der Waals surface area contributed by atoms with Gasteiger partial charge in [-0.05, 0) is 25.0 Å². The van der Waals surface area contributed by atoms with Crippen LogP contribution in [0.15, 0.2) is 18.2 Å². The summed E-state index contributed by atoms with van der Waals surface area (Å²) in [6.07, 6.45) is 2.08. The van der Waals surface area contributed by atoms with E-state index in [-0.39, 0.29) is 30.7 Å². The molecule has 1 fully saturated rings. The van der Waals surface area contributed by atoms with Crippen molar-refractivity contribution in [2.45, 2.75) is 19.3 Å². The highest BCUT2D eigenvalue weighted by molar-refractivity contribution is 6.01. The van der Waals surface area contributed by atoms with E-state index in [1.165, 1.54) is 0 Å². The van der Waals surface area contributed by atoms with Crippen LogP contribution in [0, 0.1) is 5.92 Å². The fourth-order valence-electron chi connectivity index (χ4n) is 1.79. The zero-order chi connectivity index (χ0) is 14.5. The zero-order valence-electron chi connectivity index (χ0n) is 11.4. The van der Waals surface area contributed by atoms with E-state index in [0.717, 1.165) is 12.8 Å². The second kappa shape index (κ2) is 6.38. The molecule has 4 N–H and O–H groups in total. The maximum absolute atomic E-state index is 11.8. The van der Waals surface area contributed by atoms with Gasteiger partial charge in [0.05, 0.1) is 18.5 Å². The number of ether oxygens (including phenoxy) is 1. The van der Waals surface area contributed by atoms with Gasteiger partial charge in [-0.3, -0.25) is 9.59 Å². The molecule has 108 valence electrons. The van der Waals surface area contributed by atoms with Crippen molar-refractivity contribution in [2.24, 2.45) is 11.7 Å². The third-order valence-electron chi connectivity index (χ3n) is 3.08. The van der Waals surface area contributed by atoms with Crippen molar-refractivity contribution < 1.29 is 14.3 Å². The fourth-order valence-corrected chi connectivity index (χ4v) is 1.79. The van der Waals surface area contributed by atoms with Crippen LogP contribution in [0.2, 0.25) is 0 Å². The first-order valence-corrected chi connectivity index (χ1v) is 6.63. The quantitative estimate of drug-likeness (QED) is 0.731. The first-order chi connectivity index (χ1) is 9.63. The second-order valence-electron chi connectivity index (χ2n) is 4.76. The lowest BCUT2D eigenvalue weighted by Gasteiger charge is -2.13. The number of anilines is 2. The molecule has 0 bridgehead atoms. The number of rotatable bonds is 6. The Bertz CT molecular complexity index is 512. The Kier molecular flexibility index (Phi) is 4.57. The van der Waals surface area contributed by atoms with Gasteiger partial charge in [-0.15, -0.1) is 0 Å². The molecule has 0 aromatic heterocycles. The van der Waals surface area contributed by atoms with Gasteiger partial charge in [0.2, 0.25) is 11.8 Å². The van der Waals surface area contributed by atoms with Crippen molar-refractivity contribution >= 4 is 23.2 Å². The number of benzene rings is 1. The molecule has 0 radical (unpaired) electrons. The lowest BCUT2D eigenvalue weighted by Crippen LogP contribution is -2.19. The molecule has 20 heavy (non-hydrogen) atoms. The van der Waals surface area contributed by atoms with Crippen LogP contribution in [0.1, 0.15) is 19.3 Å². The van der Waals surface area contributed by atoms with Gasteiger partial charge in [-0.1, -0.05) is 0 Å². The molecule has 0 aliphatic heterocycles. The van der Waals surface area contributed by atoms with Crippen molar-refractivity contribution in [3.8, 4) is 5.75 Å². The first kappa shape index (κ1) is 14.3. The minimum Gasteiger partial charge on any atom is -0.497 e. The maximum Gasteiger partial charge on any atom is 0.227 e. The van der Waals surface area contributed by atoms with Crippen LogP contribution < -0.4 is 21.1 Å². The summed E-state index contributed by atoms with van der Waals surface area (Å²) in [4.78, 5) is 23.5. The van der Waals surface area contributed by atoms with E-state index in [1.807, 2.05) is 0 Å². The minimum absolute atomic E-state index is 0.00973. The number of amides is 2. The lowest BCUT2D eigenvalue weighted by atomic mass is 10.2. The highest BCUT2D eigenvalue weighted by atomic mass is 16.5. The van der Waals surface area contributed by atoms with Crippen LogP contribution in [0.5, 0.6) is 5.75 Å².